The molecule has 1 saturated heterocycles. The lowest BCUT2D eigenvalue weighted by molar-refractivity contribution is -0.119. The Balaban J connectivity index is 1.54. The second-order valence-electron chi connectivity index (χ2n) is 8.22. The van der Waals surface area contributed by atoms with Crippen LogP contribution in [0.4, 0.5) is 25.0 Å². The Hall–Kier alpha value is -3.96. The Labute approximate surface area is 199 Å². The van der Waals surface area contributed by atoms with Gasteiger partial charge in [-0.2, -0.15) is 0 Å². The number of carbonyl (C=O) groups is 2. The molecule has 1 N–H and O–H groups in total. The zero-order valence-electron chi connectivity index (χ0n) is 19.6. The van der Waals surface area contributed by atoms with Crippen LogP contribution >= 0.6 is 0 Å². The highest BCUT2D eigenvalue weighted by Crippen LogP contribution is 2.31. The third-order valence-corrected chi connectivity index (χ3v) is 5.96. The number of ether oxygens (including phenoxy) is 1. The van der Waals surface area contributed by atoms with Gasteiger partial charge in [-0.3, -0.25) is 23.9 Å². The van der Waals surface area contributed by atoms with Crippen LogP contribution in [-0.4, -0.2) is 58.6 Å². The quantitative estimate of drug-likeness (QED) is 0.521. The predicted molar refractivity (Wildman–Crippen MR) is 126 cm³/mol. The van der Waals surface area contributed by atoms with Gasteiger partial charge in [0, 0.05) is 45.4 Å². The molecule has 2 amide bonds. The molecule has 1 aliphatic heterocycles. The van der Waals surface area contributed by atoms with Crippen molar-refractivity contribution in [1.29, 1.82) is 0 Å². The van der Waals surface area contributed by atoms with Gasteiger partial charge in [-0.1, -0.05) is 0 Å². The van der Waals surface area contributed by atoms with Crippen molar-refractivity contribution in [3.8, 4) is 0 Å². The van der Waals surface area contributed by atoms with E-state index >= 15 is 8.78 Å². The minimum Gasteiger partial charge on any atom is -0.442 e. The number of rotatable bonds is 8. The van der Waals surface area contributed by atoms with Crippen molar-refractivity contribution in [2.75, 3.05) is 36.0 Å². The molecule has 1 aromatic carbocycles. The highest BCUT2D eigenvalue weighted by atomic mass is 19.1. The molecular formula is C23H26F2N6O4. The number of fused-ring (bicyclic) bond motifs is 1. The summed E-state index contributed by atoms with van der Waals surface area (Å²) in [7, 11) is 1.62. The predicted octanol–water partition coefficient (Wildman–Crippen LogP) is 2.00. The Morgan fingerprint density at radius 3 is 2.66 bits per heavy atom. The van der Waals surface area contributed by atoms with E-state index in [1.165, 1.54) is 16.5 Å². The van der Waals surface area contributed by atoms with Gasteiger partial charge in [0.25, 0.3) is 5.56 Å². The van der Waals surface area contributed by atoms with Gasteiger partial charge in [0.05, 0.1) is 30.7 Å². The molecule has 4 rings (SSSR count). The lowest BCUT2D eigenvalue weighted by atomic mass is 10.2. The maximum absolute atomic E-state index is 15.1. The van der Waals surface area contributed by atoms with Crippen molar-refractivity contribution < 1.29 is 23.1 Å². The van der Waals surface area contributed by atoms with Crippen molar-refractivity contribution >= 4 is 34.4 Å². The summed E-state index contributed by atoms with van der Waals surface area (Å²) in [5.74, 6) is -1.93. The Morgan fingerprint density at radius 1 is 1.29 bits per heavy atom. The first-order chi connectivity index (χ1) is 16.7. The number of anilines is 2. The van der Waals surface area contributed by atoms with Crippen molar-refractivity contribution in [2.24, 2.45) is 7.05 Å². The lowest BCUT2D eigenvalue weighted by Crippen LogP contribution is -2.33. The van der Waals surface area contributed by atoms with Gasteiger partial charge in [0.15, 0.2) is 17.3 Å². The van der Waals surface area contributed by atoms with E-state index in [2.05, 4.69) is 10.3 Å². The smallest absolute Gasteiger partial charge is 0.414 e. The largest absolute Gasteiger partial charge is 0.442 e. The molecule has 0 unspecified atom stereocenters. The second kappa shape index (κ2) is 9.72. The fourth-order valence-corrected chi connectivity index (χ4v) is 4.20. The third-order valence-electron chi connectivity index (χ3n) is 5.96. The standard InChI is InChI=1S/C23H26F2N6O4/c1-4-29(8-9-31-21-17(6-5-7-26-21)22(33)28(31)3)20-18(24)10-15(11-19(20)25)30-13-16(35-23(30)34)12-27-14(2)32/h5-7,10-11,16H,4,8-9,12-13H2,1-3H3,(H,27,32)/t16-/m0/s1. The van der Waals surface area contributed by atoms with Crippen LogP contribution in [0.1, 0.15) is 13.8 Å². The zero-order chi connectivity index (χ0) is 25.3. The molecule has 12 heteroatoms. The first kappa shape index (κ1) is 24.2. The van der Waals surface area contributed by atoms with Crippen LogP contribution in [0.5, 0.6) is 0 Å². The number of benzene rings is 1. The first-order valence-corrected chi connectivity index (χ1v) is 11.2. The summed E-state index contributed by atoms with van der Waals surface area (Å²) in [6.07, 6.45) is 0.214. The average Bonchev–Trinajstić information content (AvgIpc) is 3.31. The number of hydrogen-bond acceptors (Lipinski definition) is 6. The van der Waals surface area contributed by atoms with Crippen LogP contribution in [0.3, 0.4) is 0 Å². The Bertz CT molecular complexity index is 1310. The number of aromatic nitrogens is 3. The van der Waals surface area contributed by atoms with Crippen LogP contribution in [-0.2, 0) is 23.1 Å². The van der Waals surface area contributed by atoms with E-state index in [0.29, 0.717) is 17.6 Å². The van der Waals surface area contributed by atoms with Crippen LogP contribution < -0.4 is 20.7 Å². The minimum absolute atomic E-state index is 0.0260. The summed E-state index contributed by atoms with van der Waals surface area (Å²) in [5, 5.41) is 3.02. The number of pyridine rings is 1. The van der Waals surface area contributed by atoms with Gasteiger partial charge in [-0.25, -0.2) is 18.6 Å². The van der Waals surface area contributed by atoms with E-state index in [4.69, 9.17) is 4.74 Å². The van der Waals surface area contributed by atoms with Gasteiger partial charge in [-0.05, 0) is 19.1 Å². The molecule has 0 aliphatic carbocycles. The molecule has 0 radical (unpaired) electrons. The molecule has 3 heterocycles. The summed E-state index contributed by atoms with van der Waals surface area (Å²) in [6.45, 7) is 4.05. The van der Waals surface area contributed by atoms with Crippen molar-refractivity contribution in [3.63, 3.8) is 0 Å². The first-order valence-electron chi connectivity index (χ1n) is 11.2. The normalized spacial score (nSPS) is 15.5. The number of carbonyl (C=O) groups excluding carboxylic acids is 2. The molecule has 3 aromatic rings. The summed E-state index contributed by atoms with van der Waals surface area (Å²) < 4.78 is 38.6. The number of nitrogens with zero attached hydrogens (tertiary/aromatic N) is 5. The Kier molecular flexibility index (Phi) is 6.72. The van der Waals surface area contributed by atoms with Gasteiger partial charge >= 0.3 is 6.09 Å². The molecule has 1 atom stereocenters. The van der Waals surface area contributed by atoms with Gasteiger partial charge in [0.1, 0.15) is 11.8 Å². The summed E-state index contributed by atoms with van der Waals surface area (Å²) in [5.41, 5.74) is 0.0898. The van der Waals surface area contributed by atoms with E-state index in [9.17, 15) is 14.4 Å². The molecule has 0 spiro atoms. The molecule has 35 heavy (non-hydrogen) atoms. The molecule has 0 saturated carbocycles. The molecule has 1 aliphatic rings. The molecule has 0 bridgehead atoms. The van der Waals surface area contributed by atoms with Gasteiger partial charge in [-0.15, -0.1) is 0 Å². The van der Waals surface area contributed by atoms with E-state index < -0.39 is 23.8 Å². The average molecular weight is 488 g/mol. The van der Waals surface area contributed by atoms with Crippen LogP contribution in [0.15, 0.2) is 35.3 Å². The summed E-state index contributed by atoms with van der Waals surface area (Å²) in [4.78, 5) is 42.7. The monoisotopic (exact) mass is 488 g/mol. The summed E-state index contributed by atoms with van der Waals surface area (Å²) >= 11 is 0. The maximum Gasteiger partial charge on any atom is 0.414 e. The SMILES string of the molecule is CCN(CCn1c2ncccc2c(=O)n1C)c1c(F)cc(N2C[C@H](CNC(C)=O)OC2=O)cc1F. The number of nitrogens with one attached hydrogen (secondary N) is 1. The topological polar surface area (TPSA) is 102 Å². The third kappa shape index (κ3) is 4.68. The van der Waals surface area contributed by atoms with Crippen molar-refractivity contribution in [2.45, 2.75) is 26.5 Å². The van der Waals surface area contributed by atoms with Crippen LogP contribution in [0.2, 0.25) is 0 Å². The molecule has 1 fully saturated rings. The number of amides is 2. The zero-order valence-corrected chi connectivity index (χ0v) is 19.6. The van der Waals surface area contributed by atoms with Gasteiger partial charge in [0.2, 0.25) is 5.91 Å². The molecule has 186 valence electrons. The molecule has 2 aromatic heterocycles. The highest BCUT2D eigenvalue weighted by Gasteiger charge is 2.33. The minimum atomic E-state index is -0.829. The number of halogens is 2. The number of cyclic esters (lactones) is 1. The van der Waals surface area contributed by atoms with E-state index in [1.807, 2.05) is 0 Å². The lowest BCUT2D eigenvalue weighted by Gasteiger charge is -2.26. The van der Waals surface area contributed by atoms with Crippen LogP contribution in [0, 0.1) is 11.6 Å². The van der Waals surface area contributed by atoms with Crippen molar-refractivity contribution in [1.82, 2.24) is 19.7 Å². The number of likely N-dealkylation sites (N-methyl/N-ethyl adjacent to an activating group) is 1. The fraction of sp³-hybridized carbons (Fsp3) is 0.391. The van der Waals surface area contributed by atoms with E-state index in [1.54, 1.807) is 37.0 Å². The summed E-state index contributed by atoms with van der Waals surface area (Å²) in [6, 6.07) is 5.54. The van der Waals surface area contributed by atoms with E-state index in [0.717, 1.165) is 17.0 Å². The highest BCUT2D eigenvalue weighted by molar-refractivity contribution is 5.90. The van der Waals surface area contributed by atoms with E-state index in [-0.39, 0.29) is 49.0 Å². The van der Waals surface area contributed by atoms with Crippen molar-refractivity contribution in [3.05, 3.63) is 52.5 Å². The van der Waals surface area contributed by atoms with Crippen LogP contribution in [0.25, 0.3) is 11.0 Å². The number of hydrogen-bond donors (Lipinski definition) is 1. The molecule has 10 nitrogen and oxygen atoms in total. The second-order valence-corrected chi connectivity index (χ2v) is 8.22. The Morgan fingerprint density at radius 2 is 2.00 bits per heavy atom. The fourth-order valence-electron chi connectivity index (χ4n) is 4.20. The molecular weight excluding hydrogens is 462 g/mol. The van der Waals surface area contributed by atoms with Gasteiger partial charge < -0.3 is 15.0 Å². The maximum atomic E-state index is 15.1.